The monoisotopic (exact) mass is 274 g/mol. The quantitative estimate of drug-likeness (QED) is 0.799. The highest BCUT2D eigenvalue weighted by Crippen LogP contribution is 2.43. The van der Waals surface area contributed by atoms with Gasteiger partial charge in [-0.05, 0) is 40.6 Å². The summed E-state index contributed by atoms with van der Waals surface area (Å²) in [4.78, 5) is 12.3. The summed E-state index contributed by atoms with van der Waals surface area (Å²) in [6, 6.07) is 4.33. The average Bonchev–Trinajstić information content (AvgIpc) is 2.97. The van der Waals surface area contributed by atoms with Crippen molar-refractivity contribution in [2.75, 3.05) is 0 Å². The number of Topliss-reactive ketones (excluding diaryl/α,β-unsaturated/α-hetero) is 1. The summed E-state index contributed by atoms with van der Waals surface area (Å²) in [6.45, 7) is 1.78. The van der Waals surface area contributed by atoms with Crippen molar-refractivity contribution in [3.05, 3.63) is 57.0 Å². The van der Waals surface area contributed by atoms with Gasteiger partial charge in [-0.2, -0.15) is 11.3 Å². The Morgan fingerprint density at radius 3 is 2.79 bits per heavy atom. The summed E-state index contributed by atoms with van der Waals surface area (Å²) >= 11 is 1.54. The van der Waals surface area contributed by atoms with Crippen molar-refractivity contribution in [1.29, 1.82) is 0 Å². The second kappa shape index (κ2) is 4.31. The van der Waals surface area contributed by atoms with Crippen LogP contribution in [0, 0.1) is 5.82 Å². The number of thiophene rings is 1. The molecule has 0 unspecified atom stereocenters. The predicted molar refractivity (Wildman–Crippen MR) is 73.1 cm³/mol. The first kappa shape index (κ1) is 12.1. The molecule has 3 rings (SSSR count). The Kier molecular flexibility index (Phi) is 2.75. The number of hydrogen-bond donors (Lipinski definition) is 1. The molecule has 1 aliphatic carbocycles. The van der Waals surface area contributed by atoms with E-state index in [0.29, 0.717) is 11.1 Å². The number of allylic oxidation sites excluding steroid dienone is 1. The van der Waals surface area contributed by atoms with Crippen molar-refractivity contribution in [2.45, 2.75) is 12.8 Å². The van der Waals surface area contributed by atoms with Gasteiger partial charge in [-0.1, -0.05) is 6.92 Å². The number of fused-ring (bicyclic) bond motifs is 1. The molecule has 0 radical (unpaired) electrons. The van der Waals surface area contributed by atoms with E-state index in [2.05, 4.69) is 0 Å². The first-order valence-electron chi connectivity index (χ1n) is 5.89. The Hall–Kier alpha value is -1.94. The van der Waals surface area contributed by atoms with Crippen LogP contribution in [-0.4, -0.2) is 10.9 Å². The third-order valence-corrected chi connectivity index (χ3v) is 4.13. The fraction of sp³-hybridized carbons (Fsp3) is 0.133. The number of carbonyl (C=O) groups is 1. The van der Waals surface area contributed by atoms with Gasteiger partial charge in [0, 0.05) is 17.1 Å². The minimum atomic E-state index is -0.442. The number of benzene rings is 1. The van der Waals surface area contributed by atoms with E-state index in [-0.39, 0.29) is 23.0 Å². The van der Waals surface area contributed by atoms with Gasteiger partial charge in [-0.3, -0.25) is 4.79 Å². The minimum absolute atomic E-state index is 0.106. The zero-order valence-corrected chi connectivity index (χ0v) is 11.0. The molecule has 0 fully saturated rings. The lowest BCUT2D eigenvalue weighted by Gasteiger charge is -2.06. The van der Waals surface area contributed by atoms with E-state index in [1.54, 1.807) is 13.0 Å². The van der Waals surface area contributed by atoms with Crippen molar-refractivity contribution in [3.63, 3.8) is 0 Å². The molecule has 1 N–H and O–H groups in total. The SMILES string of the molecule is C[C@H]1/C(=C\c2ccsc2)C(=O)c2c(O)ccc(F)c21. The van der Waals surface area contributed by atoms with E-state index in [9.17, 15) is 14.3 Å². The van der Waals surface area contributed by atoms with Crippen LogP contribution >= 0.6 is 11.3 Å². The fourth-order valence-corrected chi connectivity index (χ4v) is 3.09. The molecule has 2 aromatic rings. The number of aromatic hydroxyl groups is 1. The van der Waals surface area contributed by atoms with Crippen LogP contribution in [0.1, 0.15) is 34.3 Å². The first-order valence-corrected chi connectivity index (χ1v) is 6.83. The predicted octanol–water partition coefficient (Wildman–Crippen LogP) is 3.98. The molecule has 0 spiro atoms. The van der Waals surface area contributed by atoms with Gasteiger partial charge in [0.05, 0.1) is 5.56 Å². The minimum Gasteiger partial charge on any atom is -0.507 e. The molecule has 0 bridgehead atoms. The molecule has 1 aromatic heterocycles. The Bertz CT molecular complexity index is 686. The first-order chi connectivity index (χ1) is 9.09. The van der Waals surface area contributed by atoms with Crippen LogP contribution < -0.4 is 0 Å². The smallest absolute Gasteiger partial charge is 0.193 e. The molecule has 1 aliphatic rings. The molecule has 19 heavy (non-hydrogen) atoms. The fourth-order valence-electron chi connectivity index (χ4n) is 2.47. The molecule has 1 heterocycles. The van der Waals surface area contributed by atoms with Crippen LogP contribution in [0.25, 0.3) is 6.08 Å². The Labute approximate surface area is 113 Å². The van der Waals surface area contributed by atoms with Crippen LogP contribution in [0.5, 0.6) is 5.75 Å². The number of rotatable bonds is 1. The second-order valence-corrected chi connectivity index (χ2v) is 5.34. The van der Waals surface area contributed by atoms with Gasteiger partial charge < -0.3 is 5.11 Å². The van der Waals surface area contributed by atoms with E-state index in [4.69, 9.17) is 0 Å². The van der Waals surface area contributed by atoms with Gasteiger partial charge in [0.15, 0.2) is 5.78 Å². The van der Waals surface area contributed by atoms with Gasteiger partial charge in [-0.15, -0.1) is 0 Å². The van der Waals surface area contributed by atoms with E-state index < -0.39 is 5.82 Å². The average molecular weight is 274 g/mol. The van der Waals surface area contributed by atoms with Crippen LogP contribution in [0.2, 0.25) is 0 Å². The normalized spacial score (nSPS) is 20.0. The number of hydrogen-bond acceptors (Lipinski definition) is 3. The third kappa shape index (κ3) is 1.79. The van der Waals surface area contributed by atoms with Crippen LogP contribution in [0.3, 0.4) is 0 Å². The van der Waals surface area contributed by atoms with Gasteiger partial charge in [0.25, 0.3) is 0 Å². The molecule has 0 saturated heterocycles. The largest absolute Gasteiger partial charge is 0.507 e. The summed E-state index contributed by atoms with van der Waals surface area (Å²) in [6.07, 6.45) is 1.77. The van der Waals surface area contributed by atoms with Crippen molar-refractivity contribution >= 4 is 23.2 Å². The Balaban J connectivity index is 2.17. The second-order valence-electron chi connectivity index (χ2n) is 4.56. The number of halogens is 1. The van der Waals surface area contributed by atoms with Gasteiger partial charge in [0.2, 0.25) is 0 Å². The van der Waals surface area contributed by atoms with Crippen LogP contribution in [0.4, 0.5) is 4.39 Å². The van der Waals surface area contributed by atoms with E-state index in [1.807, 2.05) is 16.8 Å². The van der Waals surface area contributed by atoms with Crippen LogP contribution in [-0.2, 0) is 0 Å². The lowest BCUT2D eigenvalue weighted by Crippen LogP contribution is -1.97. The molecule has 2 nitrogen and oxygen atoms in total. The summed E-state index contributed by atoms with van der Waals surface area (Å²) in [5, 5.41) is 13.6. The Morgan fingerprint density at radius 2 is 2.16 bits per heavy atom. The lowest BCUT2D eigenvalue weighted by atomic mass is 9.98. The van der Waals surface area contributed by atoms with Crippen molar-refractivity contribution in [3.8, 4) is 5.75 Å². The highest BCUT2D eigenvalue weighted by molar-refractivity contribution is 7.08. The molecule has 0 saturated carbocycles. The maximum Gasteiger partial charge on any atom is 0.193 e. The van der Waals surface area contributed by atoms with Crippen molar-refractivity contribution < 1.29 is 14.3 Å². The van der Waals surface area contributed by atoms with Gasteiger partial charge >= 0.3 is 0 Å². The third-order valence-electron chi connectivity index (χ3n) is 3.42. The summed E-state index contributed by atoms with van der Waals surface area (Å²) in [7, 11) is 0. The lowest BCUT2D eigenvalue weighted by molar-refractivity contribution is 0.103. The van der Waals surface area contributed by atoms with Crippen molar-refractivity contribution in [1.82, 2.24) is 0 Å². The highest BCUT2D eigenvalue weighted by Gasteiger charge is 2.36. The molecular weight excluding hydrogens is 263 g/mol. The van der Waals surface area contributed by atoms with Crippen LogP contribution in [0.15, 0.2) is 34.5 Å². The van der Waals surface area contributed by atoms with E-state index in [1.165, 1.54) is 23.5 Å². The highest BCUT2D eigenvalue weighted by atomic mass is 32.1. The number of ketones is 1. The zero-order valence-electron chi connectivity index (χ0n) is 10.2. The molecule has 0 aliphatic heterocycles. The summed E-state index contributed by atoms with van der Waals surface area (Å²) in [5.41, 5.74) is 1.85. The molecule has 0 amide bonds. The van der Waals surface area contributed by atoms with E-state index in [0.717, 1.165) is 5.56 Å². The Morgan fingerprint density at radius 1 is 1.37 bits per heavy atom. The molecule has 1 atom stereocenters. The molecule has 96 valence electrons. The topological polar surface area (TPSA) is 37.3 Å². The van der Waals surface area contributed by atoms with Gasteiger partial charge in [-0.25, -0.2) is 4.39 Å². The summed E-state index contributed by atoms with van der Waals surface area (Å²) in [5.74, 6) is -1.22. The van der Waals surface area contributed by atoms with Crippen molar-refractivity contribution in [2.24, 2.45) is 0 Å². The van der Waals surface area contributed by atoms with E-state index >= 15 is 0 Å². The number of carbonyl (C=O) groups excluding carboxylic acids is 1. The molecule has 4 heteroatoms. The zero-order chi connectivity index (χ0) is 13.6. The molecular formula is C15H11FO2S. The summed E-state index contributed by atoms with van der Waals surface area (Å²) < 4.78 is 13.9. The van der Waals surface area contributed by atoms with Gasteiger partial charge in [0.1, 0.15) is 11.6 Å². The maximum atomic E-state index is 13.9. The molecule has 1 aromatic carbocycles. The standard InChI is InChI=1S/C15H11FO2S/c1-8-10(6-9-4-5-19-7-9)15(18)14-12(17)3-2-11(16)13(8)14/h2-8,17H,1H3/b10-6+/t8-/m0/s1. The number of phenolic OH excluding ortho intramolecular Hbond substituents is 1. The maximum absolute atomic E-state index is 13.9. The number of phenols is 1.